The molecule has 0 aromatic heterocycles. The summed E-state index contributed by atoms with van der Waals surface area (Å²) in [4.78, 5) is 32.9. The van der Waals surface area contributed by atoms with E-state index in [2.05, 4.69) is 12.6 Å². The molecule has 1 saturated heterocycles. The molecule has 0 aromatic carbocycles. The maximum absolute atomic E-state index is 11.1. The van der Waals surface area contributed by atoms with E-state index in [-0.39, 0.29) is 6.61 Å². The molecule has 1 rings (SSSR count). The zero-order chi connectivity index (χ0) is 14.6. The second-order valence-corrected chi connectivity index (χ2v) is 4.52. The molecule has 4 atom stereocenters. The Morgan fingerprint density at radius 3 is 2.00 bits per heavy atom. The van der Waals surface area contributed by atoms with Crippen molar-refractivity contribution in [2.75, 3.05) is 6.61 Å². The lowest BCUT2D eigenvalue weighted by Crippen LogP contribution is -2.40. The summed E-state index contributed by atoms with van der Waals surface area (Å²) in [6.45, 7) is 3.59. The Hall–Kier alpha value is -1.28. The molecule has 108 valence electrons. The van der Waals surface area contributed by atoms with Gasteiger partial charge in [0.25, 0.3) is 0 Å². The van der Waals surface area contributed by atoms with Crippen LogP contribution in [0.15, 0.2) is 0 Å². The molecule has 19 heavy (non-hydrogen) atoms. The van der Waals surface area contributed by atoms with Crippen LogP contribution >= 0.6 is 12.6 Å². The Labute approximate surface area is 115 Å². The van der Waals surface area contributed by atoms with Gasteiger partial charge in [0.05, 0.1) is 0 Å². The molecular weight excluding hydrogens is 276 g/mol. The van der Waals surface area contributed by atoms with Gasteiger partial charge in [0.1, 0.15) is 18.1 Å². The zero-order valence-corrected chi connectivity index (χ0v) is 11.7. The Morgan fingerprint density at radius 2 is 1.53 bits per heavy atom. The van der Waals surface area contributed by atoms with E-state index in [9.17, 15) is 14.4 Å². The van der Waals surface area contributed by atoms with Gasteiger partial charge in [0.15, 0.2) is 12.2 Å². The smallest absolute Gasteiger partial charge is 0.303 e. The topological polar surface area (TPSA) is 88.1 Å². The Morgan fingerprint density at radius 1 is 1.00 bits per heavy atom. The zero-order valence-electron chi connectivity index (χ0n) is 10.8. The van der Waals surface area contributed by atoms with Gasteiger partial charge < -0.3 is 18.9 Å². The molecule has 0 amide bonds. The van der Waals surface area contributed by atoms with Gasteiger partial charge in [-0.3, -0.25) is 14.4 Å². The van der Waals surface area contributed by atoms with Gasteiger partial charge in [-0.2, -0.15) is 0 Å². The summed E-state index contributed by atoms with van der Waals surface area (Å²) in [5.41, 5.74) is -0.756. The first kappa shape index (κ1) is 15.8. The van der Waals surface area contributed by atoms with E-state index >= 15 is 0 Å². The summed E-state index contributed by atoms with van der Waals surface area (Å²) in [5, 5.41) is 0. The van der Waals surface area contributed by atoms with Crippen molar-refractivity contribution in [2.45, 2.75) is 44.5 Å². The molecule has 1 aliphatic rings. The second kappa shape index (κ2) is 6.76. The number of hydrogen-bond acceptors (Lipinski definition) is 8. The lowest BCUT2D eigenvalue weighted by atomic mass is 10.1. The minimum atomic E-state index is -0.858. The second-order valence-electron chi connectivity index (χ2n) is 4.02. The maximum atomic E-state index is 11.1. The van der Waals surface area contributed by atoms with Gasteiger partial charge in [-0.25, -0.2) is 0 Å². The molecule has 1 aliphatic heterocycles. The van der Waals surface area contributed by atoms with Crippen LogP contribution in [0.4, 0.5) is 0 Å². The van der Waals surface area contributed by atoms with Crippen LogP contribution in [-0.2, 0) is 33.3 Å². The van der Waals surface area contributed by atoms with Crippen LogP contribution < -0.4 is 0 Å². The largest absolute Gasteiger partial charge is 0.463 e. The predicted octanol–water partition coefficient (Wildman–Crippen LogP) is 0.0676. The highest BCUT2D eigenvalue weighted by molar-refractivity contribution is 7.80. The van der Waals surface area contributed by atoms with E-state index in [1.54, 1.807) is 0 Å². The molecule has 0 aliphatic carbocycles. The first-order valence-electron chi connectivity index (χ1n) is 5.62. The van der Waals surface area contributed by atoms with Crippen molar-refractivity contribution in [1.29, 1.82) is 0 Å². The van der Waals surface area contributed by atoms with Crippen LogP contribution in [0.25, 0.3) is 0 Å². The van der Waals surface area contributed by atoms with Crippen LogP contribution in [0.2, 0.25) is 0 Å². The van der Waals surface area contributed by atoms with Crippen LogP contribution in [0.3, 0.4) is 0 Å². The van der Waals surface area contributed by atoms with E-state index < -0.39 is 41.7 Å². The highest BCUT2D eigenvalue weighted by Gasteiger charge is 2.48. The molecule has 1 fully saturated rings. The summed E-state index contributed by atoms with van der Waals surface area (Å²) in [6.07, 6.45) is -2.42. The van der Waals surface area contributed by atoms with Crippen molar-refractivity contribution in [1.82, 2.24) is 0 Å². The number of esters is 3. The van der Waals surface area contributed by atoms with E-state index in [1.807, 2.05) is 0 Å². The number of carbonyl (C=O) groups is 3. The van der Waals surface area contributed by atoms with Crippen LogP contribution in [-0.4, -0.2) is 48.3 Å². The van der Waals surface area contributed by atoms with Crippen LogP contribution in [0, 0.1) is 0 Å². The summed E-state index contributed by atoms with van der Waals surface area (Å²) in [6, 6.07) is 0. The average Bonchev–Trinajstić information content (AvgIpc) is 2.53. The molecule has 1 heterocycles. The Bertz CT molecular complexity index is 370. The van der Waals surface area contributed by atoms with Gasteiger partial charge in [0, 0.05) is 20.8 Å². The summed E-state index contributed by atoms with van der Waals surface area (Å²) < 4.78 is 20.3. The summed E-state index contributed by atoms with van der Waals surface area (Å²) in [5.74, 6) is -1.59. The number of carbonyl (C=O) groups excluding carboxylic acids is 3. The van der Waals surface area contributed by atoms with E-state index in [0.717, 1.165) is 0 Å². The van der Waals surface area contributed by atoms with Gasteiger partial charge in [0.2, 0.25) is 0 Å². The molecule has 0 bridgehead atoms. The first-order chi connectivity index (χ1) is 8.81. The van der Waals surface area contributed by atoms with Gasteiger partial charge in [-0.15, -0.1) is 12.6 Å². The Balaban J connectivity index is 2.76. The quantitative estimate of drug-likeness (QED) is 0.445. The minimum absolute atomic E-state index is 0.109. The van der Waals surface area contributed by atoms with Crippen molar-refractivity contribution < 1.29 is 33.3 Å². The van der Waals surface area contributed by atoms with E-state index in [0.29, 0.717) is 0 Å². The SMILES string of the molecule is CC(=O)OC[C@H]1O[C@@H](S)[C@H](OC(C)=O)[C@@H]1OC(C)=O. The lowest BCUT2D eigenvalue weighted by molar-refractivity contribution is -0.165. The number of thiol groups is 1. The highest BCUT2D eigenvalue weighted by atomic mass is 32.1. The molecule has 0 spiro atoms. The Kier molecular flexibility index (Phi) is 5.61. The molecule has 7 nitrogen and oxygen atoms in total. The van der Waals surface area contributed by atoms with Gasteiger partial charge in [-0.05, 0) is 0 Å². The molecule has 0 saturated carbocycles. The van der Waals surface area contributed by atoms with Crippen molar-refractivity contribution in [3.05, 3.63) is 0 Å². The minimum Gasteiger partial charge on any atom is -0.463 e. The average molecular weight is 292 g/mol. The predicted molar refractivity (Wildman–Crippen MR) is 65.4 cm³/mol. The first-order valence-corrected chi connectivity index (χ1v) is 6.14. The van der Waals surface area contributed by atoms with Crippen LogP contribution in [0.5, 0.6) is 0 Å². The third-order valence-corrected chi connectivity index (χ3v) is 2.76. The lowest BCUT2D eigenvalue weighted by Gasteiger charge is -2.22. The van der Waals surface area contributed by atoms with Gasteiger partial charge in [-0.1, -0.05) is 0 Å². The molecule has 0 unspecified atom stereocenters. The van der Waals surface area contributed by atoms with Crippen LogP contribution in [0.1, 0.15) is 20.8 Å². The summed E-state index contributed by atoms with van der Waals surface area (Å²) in [7, 11) is 0. The van der Waals surface area contributed by atoms with Crippen molar-refractivity contribution in [3.63, 3.8) is 0 Å². The fourth-order valence-electron chi connectivity index (χ4n) is 1.69. The normalized spacial score (nSPS) is 29.7. The number of hydrogen-bond donors (Lipinski definition) is 1. The third kappa shape index (κ3) is 4.71. The summed E-state index contributed by atoms with van der Waals surface area (Å²) >= 11 is 4.12. The fourth-order valence-corrected chi connectivity index (χ4v) is 2.08. The van der Waals surface area contributed by atoms with Gasteiger partial charge >= 0.3 is 17.9 Å². The van der Waals surface area contributed by atoms with Crippen molar-refractivity contribution in [3.8, 4) is 0 Å². The van der Waals surface area contributed by atoms with E-state index in [4.69, 9.17) is 18.9 Å². The standard InChI is InChI=1S/C11H16O7S/c1-5(12)15-4-8-9(16-6(2)13)10(11(19)18-8)17-7(3)14/h8-11,19H,4H2,1-3H3/t8-,9-,10-,11+/m1/s1. The fraction of sp³-hybridized carbons (Fsp3) is 0.727. The molecule has 0 N–H and O–H groups in total. The highest BCUT2D eigenvalue weighted by Crippen LogP contribution is 2.29. The molecule has 0 aromatic rings. The maximum Gasteiger partial charge on any atom is 0.303 e. The number of ether oxygens (including phenoxy) is 4. The van der Waals surface area contributed by atoms with Crippen molar-refractivity contribution in [2.24, 2.45) is 0 Å². The molecule has 8 heteroatoms. The monoisotopic (exact) mass is 292 g/mol. The molecule has 0 radical (unpaired) electrons. The number of rotatable bonds is 4. The molecular formula is C11H16O7S. The third-order valence-electron chi connectivity index (χ3n) is 2.34. The van der Waals surface area contributed by atoms with Crippen molar-refractivity contribution >= 4 is 30.5 Å². The van der Waals surface area contributed by atoms with E-state index in [1.165, 1.54) is 20.8 Å².